The van der Waals surface area contributed by atoms with Crippen molar-refractivity contribution in [2.45, 2.75) is 0 Å². The summed E-state index contributed by atoms with van der Waals surface area (Å²) in [4.78, 5) is 44.2. The highest BCUT2D eigenvalue weighted by atomic mass is 16.4. The number of carbonyl (C=O) groups excluding carboxylic acids is 2. The van der Waals surface area contributed by atoms with Crippen LogP contribution in [0.15, 0.2) is 24.3 Å². The molecule has 0 radical (unpaired) electrons. The summed E-state index contributed by atoms with van der Waals surface area (Å²) in [5.41, 5.74) is 0.678. The number of benzene rings is 1. The fourth-order valence-electron chi connectivity index (χ4n) is 1.66. The number of carbonyl (C=O) groups is 4. The van der Waals surface area contributed by atoms with Crippen LogP contribution in [0, 0.1) is 0 Å². The van der Waals surface area contributed by atoms with Crippen LogP contribution in [0.1, 0.15) is 0 Å². The Balaban J connectivity index is 2.54. The van der Waals surface area contributed by atoms with E-state index < -0.39 is 23.8 Å². The molecule has 1 aromatic rings. The normalized spacial score (nSPS) is 10.0. The number of rotatable bonds is 10. The largest absolute Gasteiger partial charge is 0.480 e. The van der Waals surface area contributed by atoms with Crippen molar-refractivity contribution in [1.82, 2.24) is 10.6 Å². The monoisotopic (exact) mass is 338 g/mol. The maximum Gasteiger partial charge on any atom is 0.317 e. The van der Waals surface area contributed by atoms with Crippen LogP contribution in [-0.4, -0.2) is 60.1 Å². The quantitative estimate of drug-likeness (QED) is 0.314. The van der Waals surface area contributed by atoms with Crippen molar-refractivity contribution in [1.29, 1.82) is 0 Å². The number of para-hydroxylation sites is 2. The molecule has 0 saturated carbocycles. The lowest BCUT2D eigenvalue weighted by Crippen LogP contribution is -2.33. The van der Waals surface area contributed by atoms with Crippen LogP contribution in [0.2, 0.25) is 0 Å². The van der Waals surface area contributed by atoms with Crippen LogP contribution >= 0.6 is 0 Å². The summed E-state index contributed by atoms with van der Waals surface area (Å²) < 4.78 is 0. The van der Waals surface area contributed by atoms with E-state index in [0.717, 1.165) is 0 Å². The van der Waals surface area contributed by atoms with E-state index in [1.807, 2.05) is 0 Å². The van der Waals surface area contributed by atoms with E-state index in [2.05, 4.69) is 21.3 Å². The van der Waals surface area contributed by atoms with Crippen LogP contribution in [0.4, 0.5) is 11.4 Å². The molecule has 0 aliphatic carbocycles. The van der Waals surface area contributed by atoms with Crippen molar-refractivity contribution >= 4 is 35.1 Å². The average Bonchev–Trinajstić information content (AvgIpc) is 2.48. The molecular weight excluding hydrogens is 320 g/mol. The molecule has 10 heteroatoms. The number of carboxylic acid groups (broad SMARTS) is 2. The summed E-state index contributed by atoms with van der Waals surface area (Å²) in [5.74, 6) is -3.10. The first-order chi connectivity index (χ1) is 11.4. The smallest absolute Gasteiger partial charge is 0.317 e. The molecule has 0 aromatic heterocycles. The van der Waals surface area contributed by atoms with Gasteiger partial charge in [-0.1, -0.05) is 12.1 Å². The standard InChI is InChI=1S/C14H18N4O6/c19-11(5-15-7-13(21)22)17-9-3-1-2-4-10(9)18-12(20)6-16-8-14(23)24/h1-4,15-16H,5-8H2,(H,17,19)(H,18,20)(H,21,22)(H,23,24). The predicted molar refractivity (Wildman–Crippen MR) is 84.7 cm³/mol. The molecule has 0 bridgehead atoms. The minimum absolute atomic E-state index is 0.200. The Kier molecular flexibility index (Phi) is 7.88. The van der Waals surface area contributed by atoms with Crippen molar-refractivity contribution in [3.63, 3.8) is 0 Å². The van der Waals surface area contributed by atoms with Crippen LogP contribution in [0.25, 0.3) is 0 Å². The molecule has 6 N–H and O–H groups in total. The molecule has 0 unspecified atom stereocenters. The summed E-state index contributed by atoms with van der Waals surface area (Å²) in [7, 11) is 0. The molecule has 2 amide bonds. The molecule has 0 aliphatic rings. The van der Waals surface area contributed by atoms with Gasteiger partial charge in [0.2, 0.25) is 11.8 Å². The average molecular weight is 338 g/mol. The number of amides is 2. The van der Waals surface area contributed by atoms with Gasteiger partial charge in [-0.3, -0.25) is 29.8 Å². The van der Waals surface area contributed by atoms with Crippen LogP contribution in [0.5, 0.6) is 0 Å². The van der Waals surface area contributed by atoms with E-state index in [4.69, 9.17) is 10.2 Å². The van der Waals surface area contributed by atoms with E-state index in [9.17, 15) is 19.2 Å². The molecule has 10 nitrogen and oxygen atoms in total. The zero-order valence-electron chi connectivity index (χ0n) is 12.7. The molecule has 0 fully saturated rings. The second-order valence-electron chi connectivity index (χ2n) is 4.64. The number of nitrogens with one attached hydrogen (secondary N) is 4. The highest BCUT2D eigenvalue weighted by Gasteiger charge is 2.10. The molecule has 1 rings (SSSR count). The van der Waals surface area contributed by atoms with Gasteiger partial charge >= 0.3 is 11.9 Å². The highest BCUT2D eigenvalue weighted by Crippen LogP contribution is 2.20. The zero-order chi connectivity index (χ0) is 17.9. The van der Waals surface area contributed by atoms with Crippen LogP contribution in [-0.2, 0) is 19.2 Å². The Hall–Kier alpha value is -2.98. The van der Waals surface area contributed by atoms with E-state index in [0.29, 0.717) is 11.4 Å². The predicted octanol–water partition coefficient (Wildman–Crippen LogP) is -1.09. The lowest BCUT2D eigenvalue weighted by atomic mass is 10.2. The summed E-state index contributed by atoms with van der Waals surface area (Å²) in [6.07, 6.45) is 0. The summed E-state index contributed by atoms with van der Waals surface area (Å²) in [5, 5.41) is 26.9. The lowest BCUT2D eigenvalue weighted by molar-refractivity contribution is -0.137. The van der Waals surface area contributed by atoms with Gasteiger partial charge in [-0.2, -0.15) is 0 Å². The number of hydrogen-bond donors (Lipinski definition) is 6. The lowest BCUT2D eigenvalue weighted by Gasteiger charge is -2.12. The van der Waals surface area contributed by atoms with Crippen molar-refractivity contribution in [3.8, 4) is 0 Å². The summed E-state index contributed by atoms with van der Waals surface area (Å²) >= 11 is 0. The SMILES string of the molecule is O=C(O)CNCC(=O)Nc1ccccc1NC(=O)CNCC(=O)O. The maximum absolute atomic E-state index is 11.7. The fraction of sp³-hybridized carbons (Fsp3) is 0.286. The van der Waals surface area contributed by atoms with Gasteiger partial charge in [0, 0.05) is 0 Å². The van der Waals surface area contributed by atoms with Gasteiger partial charge in [0.1, 0.15) is 0 Å². The third-order valence-electron chi connectivity index (χ3n) is 2.60. The first kappa shape index (κ1) is 19.1. The van der Waals surface area contributed by atoms with Gasteiger partial charge < -0.3 is 20.8 Å². The summed E-state index contributed by atoms with van der Waals surface area (Å²) in [6, 6.07) is 6.43. The Morgan fingerprint density at radius 1 is 0.708 bits per heavy atom. The minimum Gasteiger partial charge on any atom is -0.480 e. The van der Waals surface area contributed by atoms with Crippen molar-refractivity contribution < 1.29 is 29.4 Å². The van der Waals surface area contributed by atoms with Crippen molar-refractivity contribution in [3.05, 3.63) is 24.3 Å². The second kappa shape index (κ2) is 9.92. The minimum atomic E-state index is -1.08. The Morgan fingerprint density at radius 3 is 1.42 bits per heavy atom. The van der Waals surface area contributed by atoms with Crippen molar-refractivity contribution in [2.24, 2.45) is 0 Å². The number of hydrogen-bond acceptors (Lipinski definition) is 6. The number of carboxylic acids is 2. The third-order valence-corrected chi connectivity index (χ3v) is 2.60. The molecule has 24 heavy (non-hydrogen) atoms. The number of anilines is 2. The first-order valence-electron chi connectivity index (χ1n) is 6.92. The fourth-order valence-corrected chi connectivity index (χ4v) is 1.66. The summed E-state index contributed by atoms with van der Waals surface area (Å²) in [6.45, 7) is -1.09. The van der Waals surface area contributed by atoms with Gasteiger partial charge in [0.05, 0.1) is 37.6 Å². The van der Waals surface area contributed by atoms with E-state index >= 15 is 0 Å². The van der Waals surface area contributed by atoms with Crippen molar-refractivity contribution in [2.75, 3.05) is 36.8 Å². The van der Waals surface area contributed by atoms with Gasteiger partial charge in [-0.25, -0.2) is 0 Å². The Morgan fingerprint density at radius 2 is 1.08 bits per heavy atom. The van der Waals surface area contributed by atoms with E-state index in [1.165, 1.54) is 0 Å². The zero-order valence-corrected chi connectivity index (χ0v) is 12.7. The second-order valence-corrected chi connectivity index (χ2v) is 4.64. The first-order valence-corrected chi connectivity index (χ1v) is 6.92. The van der Waals surface area contributed by atoms with Crippen LogP contribution in [0.3, 0.4) is 0 Å². The van der Waals surface area contributed by atoms with Gasteiger partial charge in [0.15, 0.2) is 0 Å². The van der Waals surface area contributed by atoms with E-state index in [-0.39, 0.29) is 26.2 Å². The molecule has 0 heterocycles. The third kappa shape index (κ3) is 7.87. The van der Waals surface area contributed by atoms with E-state index in [1.54, 1.807) is 24.3 Å². The topological polar surface area (TPSA) is 157 Å². The molecular formula is C14H18N4O6. The Bertz CT molecular complexity index is 566. The van der Waals surface area contributed by atoms with Crippen LogP contribution < -0.4 is 21.3 Å². The Labute approximate surface area is 137 Å². The molecule has 0 saturated heterocycles. The van der Waals surface area contributed by atoms with Gasteiger partial charge in [-0.05, 0) is 12.1 Å². The molecule has 0 aliphatic heterocycles. The molecule has 0 atom stereocenters. The molecule has 0 spiro atoms. The maximum atomic E-state index is 11.7. The highest BCUT2D eigenvalue weighted by molar-refractivity contribution is 6.00. The van der Waals surface area contributed by atoms with Gasteiger partial charge in [-0.15, -0.1) is 0 Å². The molecule has 130 valence electrons. The molecule has 1 aromatic carbocycles. The number of aliphatic carboxylic acids is 2. The van der Waals surface area contributed by atoms with Gasteiger partial charge in [0.25, 0.3) is 0 Å².